The molecule has 0 heterocycles. The van der Waals surface area contributed by atoms with E-state index in [0.717, 1.165) is 5.56 Å². The van der Waals surface area contributed by atoms with Gasteiger partial charge >= 0.3 is 0 Å². The zero-order valence-electron chi connectivity index (χ0n) is 12.6. The van der Waals surface area contributed by atoms with Gasteiger partial charge in [0.25, 0.3) is 0 Å². The molecular formula is C16H12Br2Cl2N2O3. The normalized spacial score (nSPS) is 11.0. The Hall–Kier alpha value is -1.28. The third kappa shape index (κ3) is 5.60. The monoisotopic (exact) mass is 508 g/mol. The number of halogens is 4. The van der Waals surface area contributed by atoms with Crippen molar-refractivity contribution in [2.24, 2.45) is 5.10 Å². The topological polar surface area (TPSA) is 81.9 Å². The molecule has 0 atom stereocenters. The van der Waals surface area contributed by atoms with Gasteiger partial charge in [-0.1, -0.05) is 23.2 Å². The van der Waals surface area contributed by atoms with E-state index in [1.807, 2.05) is 0 Å². The SMILES string of the molecule is O=C(CCc1cc(Br)c(O)c(Br)c1)NN=Cc1cc(Cl)cc(Cl)c1O. The molecule has 0 aromatic heterocycles. The summed E-state index contributed by atoms with van der Waals surface area (Å²) < 4.78 is 1.09. The quantitative estimate of drug-likeness (QED) is 0.390. The summed E-state index contributed by atoms with van der Waals surface area (Å²) in [6, 6.07) is 6.36. The number of amides is 1. The highest BCUT2D eigenvalue weighted by Gasteiger charge is 2.08. The Morgan fingerprint density at radius 1 is 1.12 bits per heavy atom. The van der Waals surface area contributed by atoms with Gasteiger partial charge in [0.15, 0.2) is 0 Å². The number of nitrogens with one attached hydrogen (secondary N) is 1. The van der Waals surface area contributed by atoms with E-state index in [1.54, 1.807) is 12.1 Å². The van der Waals surface area contributed by atoms with Crippen LogP contribution < -0.4 is 5.43 Å². The van der Waals surface area contributed by atoms with Gasteiger partial charge in [-0.3, -0.25) is 4.79 Å². The smallest absolute Gasteiger partial charge is 0.240 e. The molecule has 3 N–H and O–H groups in total. The minimum Gasteiger partial charge on any atom is -0.506 e. The van der Waals surface area contributed by atoms with Crippen molar-refractivity contribution in [3.8, 4) is 11.5 Å². The molecule has 2 aromatic rings. The van der Waals surface area contributed by atoms with E-state index in [1.165, 1.54) is 18.3 Å². The second kappa shape index (κ2) is 8.89. The molecule has 5 nitrogen and oxygen atoms in total. The Kier molecular flexibility index (Phi) is 7.13. The number of nitrogens with zero attached hydrogens (tertiary/aromatic N) is 1. The van der Waals surface area contributed by atoms with Gasteiger partial charge in [-0.15, -0.1) is 0 Å². The fourth-order valence-corrected chi connectivity index (χ4v) is 3.72. The number of carbonyl (C=O) groups is 1. The van der Waals surface area contributed by atoms with Crippen LogP contribution in [0.2, 0.25) is 10.0 Å². The molecule has 0 bridgehead atoms. The first kappa shape index (κ1) is 20.0. The van der Waals surface area contributed by atoms with Crippen LogP contribution in [0.4, 0.5) is 0 Å². The van der Waals surface area contributed by atoms with Crippen molar-refractivity contribution in [3.63, 3.8) is 0 Å². The van der Waals surface area contributed by atoms with E-state index in [4.69, 9.17) is 23.2 Å². The molecule has 0 unspecified atom stereocenters. The zero-order chi connectivity index (χ0) is 18.6. The van der Waals surface area contributed by atoms with Crippen molar-refractivity contribution >= 4 is 67.2 Å². The number of phenols is 2. The van der Waals surface area contributed by atoms with Gasteiger partial charge in [0, 0.05) is 17.0 Å². The minimum absolute atomic E-state index is 0.101. The van der Waals surface area contributed by atoms with Gasteiger partial charge in [0.05, 0.1) is 20.2 Å². The summed E-state index contributed by atoms with van der Waals surface area (Å²) in [5.41, 5.74) is 3.53. The zero-order valence-corrected chi connectivity index (χ0v) is 17.2. The molecule has 0 aliphatic carbocycles. The number of benzene rings is 2. The molecule has 2 aromatic carbocycles. The average Bonchev–Trinajstić information content (AvgIpc) is 2.54. The molecule has 132 valence electrons. The molecule has 9 heteroatoms. The van der Waals surface area contributed by atoms with Gasteiger partial charge in [0.2, 0.25) is 5.91 Å². The van der Waals surface area contributed by atoms with Crippen LogP contribution in [-0.2, 0) is 11.2 Å². The first-order chi connectivity index (χ1) is 11.8. The molecule has 0 saturated carbocycles. The number of hydrogen-bond donors (Lipinski definition) is 3. The van der Waals surface area contributed by atoms with E-state index >= 15 is 0 Å². The summed E-state index contributed by atoms with van der Waals surface area (Å²) in [4.78, 5) is 11.8. The second-order valence-corrected chi connectivity index (χ2v) is 7.58. The average molecular weight is 511 g/mol. The molecule has 0 spiro atoms. The molecule has 0 saturated heterocycles. The minimum atomic E-state index is -0.302. The molecule has 1 amide bonds. The van der Waals surface area contributed by atoms with Gasteiger partial charge in [-0.05, 0) is 68.1 Å². The van der Waals surface area contributed by atoms with Crippen LogP contribution in [0.25, 0.3) is 0 Å². The number of aryl methyl sites for hydroxylation is 1. The molecule has 0 aliphatic rings. The van der Waals surface area contributed by atoms with Crippen LogP contribution in [0.15, 0.2) is 38.3 Å². The maximum absolute atomic E-state index is 11.8. The van der Waals surface area contributed by atoms with E-state index in [9.17, 15) is 15.0 Å². The predicted octanol–water partition coefficient (Wildman–Crippen LogP) is 5.01. The van der Waals surface area contributed by atoms with Crippen LogP contribution in [-0.4, -0.2) is 22.3 Å². The van der Waals surface area contributed by atoms with E-state index in [-0.39, 0.29) is 28.8 Å². The van der Waals surface area contributed by atoms with Crippen molar-refractivity contribution in [2.75, 3.05) is 0 Å². The lowest BCUT2D eigenvalue weighted by atomic mass is 10.1. The number of phenolic OH excluding ortho intramolecular Hbond substituents is 2. The second-order valence-electron chi connectivity index (χ2n) is 5.03. The molecule has 0 aliphatic heterocycles. The summed E-state index contributed by atoms with van der Waals surface area (Å²) in [5, 5.41) is 23.7. The third-order valence-electron chi connectivity index (χ3n) is 3.17. The van der Waals surface area contributed by atoms with Gasteiger partial charge < -0.3 is 10.2 Å². The van der Waals surface area contributed by atoms with Crippen LogP contribution in [0.5, 0.6) is 11.5 Å². The van der Waals surface area contributed by atoms with Crippen LogP contribution in [0.1, 0.15) is 17.5 Å². The molecule has 0 fully saturated rings. The summed E-state index contributed by atoms with van der Waals surface area (Å²) >= 11 is 18.1. The Morgan fingerprint density at radius 3 is 2.40 bits per heavy atom. The maximum atomic E-state index is 11.8. The highest BCUT2D eigenvalue weighted by atomic mass is 79.9. The highest BCUT2D eigenvalue weighted by Crippen LogP contribution is 2.33. The largest absolute Gasteiger partial charge is 0.506 e. The third-order valence-corrected chi connectivity index (χ3v) is 4.88. The molecular weight excluding hydrogens is 499 g/mol. The standard InChI is InChI=1S/C16H12Br2Cl2N2O3/c17-11-3-8(4-12(18)16(11)25)1-2-14(23)22-21-7-9-5-10(19)6-13(20)15(9)24/h3-7,24-25H,1-2H2,(H,22,23). The Bertz CT molecular complexity index is 821. The van der Waals surface area contributed by atoms with E-state index in [0.29, 0.717) is 26.0 Å². The van der Waals surface area contributed by atoms with E-state index < -0.39 is 0 Å². The first-order valence-corrected chi connectivity index (χ1v) is 9.29. The predicted molar refractivity (Wildman–Crippen MR) is 106 cm³/mol. The number of carbonyl (C=O) groups excluding carboxylic acids is 1. The molecule has 0 radical (unpaired) electrons. The Labute approximate surface area is 170 Å². The van der Waals surface area contributed by atoms with Crippen molar-refractivity contribution in [1.82, 2.24) is 5.43 Å². The summed E-state index contributed by atoms with van der Waals surface area (Å²) in [6.07, 6.45) is 1.93. The highest BCUT2D eigenvalue weighted by molar-refractivity contribution is 9.11. The summed E-state index contributed by atoms with van der Waals surface area (Å²) in [6.45, 7) is 0. The van der Waals surface area contributed by atoms with Crippen LogP contribution in [0.3, 0.4) is 0 Å². The van der Waals surface area contributed by atoms with Crippen LogP contribution in [0, 0.1) is 0 Å². The summed E-state index contributed by atoms with van der Waals surface area (Å²) in [5.74, 6) is -0.357. The van der Waals surface area contributed by atoms with Crippen molar-refractivity contribution in [1.29, 1.82) is 0 Å². The maximum Gasteiger partial charge on any atom is 0.240 e. The number of aromatic hydroxyl groups is 2. The number of hydrazone groups is 1. The summed E-state index contributed by atoms with van der Waals surface area (Å²) in [7, 11) is 0. The number of hydrogen-bond acceptors (Lipinski definition) is 4. The Morgan fingerprint density at radius 2 is 1.76 bits per heavy atom. The number of rotatable bonds is 5. The lowest BCUT2D eigenvalue weighted by Gasteiger charge is -2.06. The first-order valence-electron chi connectivity index (χ1n) is 6.94. The van der Waals surface area contributed by atoms with Crippen molar-refractivity contribution in [3.05, 3.63) is 54.4 Å². The van der Waals surface area contributed by atoms with Crippen molar-refractivity contribution in [2.45, 2.75) is 12.8 Å². The fourth-order valence-electron chi connectivity index (χ4n) is 1.93. The molecule has 2 rings (SSSR count). The van der Waals surface area contributed by atoms with Gasteiger partial charge in [0.1, 0.15) is 11.5 Å². The fraction of sp³-hybridized carbons (Fsp3) is 0.125. The Balaban J connectivity index is 1.93. The van der Waals surface area contributed by atoms with Gasteiger partial charge in [-0.25, -0.2) is 5.43 Å². The molecule has 25 heavy (non-hydrogen) atoms. The lowest BCUT2D eigenvalue weighted by molar-refractivity contribution is -0.121. The van der Waals surface area contributed by atoms with Crippen molar-refractivity contribution < 1.29 is 15.0 Å². The van der Waals surface area contributed by atoms with Crippen LogP contribution >= 0.6 is 55.1 Å². The van der Waals surface area contributed by atoms with Gasteiger partial charge in [-0.2, -0.15) is 5.10 Å². The lowest BCUT2D eigenvalue weighted by Crippen LogP contribution is -2.17. The van der Waals surface area contributed by atoms with E-state index in [2.05, 4.69) is 42.4 Å².